The predicted molar refractivity (Wildman–Crippen MR) is 139 cm³/mol. The number of amides is 1. The van der Waals surface area contributed by atoms with E-state index in [0.717, 1.165) is 11.1 Å². The molecule has 0 bridgehead atoms. The summed E-state index contributed by atoms with van der Waals surface area (Å²) in [5, 5.41) is 11.8. The number of carboxylic acids is 1. The maximum absolute atomic E-state index is 13.8. The fourth-order valence-electron chi connectivity index (χ4n) is 4.32. The Bertz CT molecular complexity index is 1260. The lowest BCUT2D eigenvalue weighted by atomic mass is 10.0. The number of aliphatic carboxylic acids is 1. The van der Waals surface area contributed by atoms with Gasteiger partial charge < -0.3 is 20.1 Å². The number of rotatable bonds is 9. The van der Waals surface area contributed by atoms with Gasteiger partial charge in [0.15, 0.2) is 11.6 Å². The maximum Gasteiger partial charge on any atom is 0.317 e. The van der Waals surface area contributed by atoms with Crippen LogP contribution in [0.5, 0.6) is 5.75 Å². The molecule has 3 aromatic carbocycles. The van der Waals surface area contributed by atoms with Crippen molar-refractivity contribution in [2.45, 2.75) is 30.4 Å². The van der Waals surface area contributed by atoms with Gasteiger partial charge in [-0.05, 0) is 72.2 Å². The lowest BCUT2D eigenvalue weighted by Crippen LogP contribution is -2.46. The van der Waals surface area contributed by atoms with Gasteiger partial charge in [-0.3, -0.25) is 9.59 Å². The maximum atomic E-state index is 13.8. The number of thioether (sulfide) groups is 1. The van der Waals surface area contributed by atoms with E-state index in [9.17, 15) is 18.4 Å². The first-order valence-electron chi connectivity index (χ1n) is 11.9. The largest absolute Gasteiger partial charge is 0.489 e. The Morgan fingerprint density at radius 2 is 1.76 bits per heavy atom. The van der Waals surface area contributed by atoms with E-state index in [-0.39, 0.29) is 25.1 Å². The minimum absolute atomic E-state index is 0.0565. The Labute approximate surface area is 218 Å². The van der Waals surface area contributed by atoms with Crippen LogP contribution in [0.3, 0.4) is 0 Å². The molecule has 0 radical (unpaired) electrons. The number of carboxylic acid groups (broad SMARTS) is 1. The van der Waals surface area contributed by atoms with Gasteiger partial charge in [0.1, 0.15) is 12.4 Å². The van der Waals surface area contributed by atoms with Crippen LogP contribution in [-0.2, 0) is 11.4 Å². The van der Waals surface area contributed by atoms with Crippen LogP contribution < -0.4 is 10.1 Å². The van der Waals surface area contributed by atoms with E-state index < -0.39 is 17.6 Å². The minimum atomic E-state index is -0.888. The summed E-state index contributed by atoms with van der Waals surface area (Å²) in [5.41, 5.74) is 2.80. The number of piperidine rings is 1. The Kier molecular flexibility index (Phi) is 8.78. The van der Waals surface area contributed by atoms with E-state index in [1.807, 2.05) is 24.5 Å². The summed E-state index contributed by atoms with van der Waals surface area (Å²) in [4.78, 5) is 26.2. The van der Waals surface area contributed by atoms with Gasteiger partial charge in [-0.1, -0.05) is 24.3 Å². The molecule has 37 heavy (non-hydrogen) atoms. The number of likely N-dealkylation sites (tertiary alicyclic amines) is 1. The van der Waals surface area contributed by atoms with Gasteiger partial charge in [-0.15, -0.1) is 11.8 Å². The highest BCUT2D eigenvalue weighted by atomic mass is 32.2. The molecule has 1 saturated heterocycles. The van der Waals surface area contributed by atoms with Crippen molar-refractivity contribution in [3.63, 3.8) is 0 Å². The second-order valence-corrected chi connectivity index (χ2v) is 9.67. The normalized spacial score (nSPS) is 14.0. The Hall–Kier alpha value is -3.43. The van der Waals surface area contributed by atoms with Crippen molar-refractivity contribution >= 4 is 23.6 Å². The number of benzene rings is 3. The van der Waals surface area contributed by atoms with E-state index in [1.165, 1.54) is 23.9 Å². The number of halogens is 2. The summed E-state index contributed by atoms with van der Waals surface area (Å²) in [5.74, 6) is -2.09. The number of ether oxygens (including phenoxy) is 1. The zero-order valence-corrected chi connectivity index (χ0v) is 21.2. The van der Waals surface area contributed by atoms with Crippen LogP contribution in [0.25, 0.3) is 11.1 Å². The molecule has 1 aliphatic rings. The molecule has 0 aromatic heterocycles. The summed E-state index contributed by atoms with van der Waals surface area (Å²) in [6, 6.07) is 17.0. The standard InChI is InChI=1S/C28H28F2N2O4S/c1-37-26-15-25(30)24(29)14-23(26)19-5-7-22(8-6-19)36-17-18-3-2-4-20(13-18)28(35)32-11-9-21(10-12-32)31-16-27(33)34/h2-8,13-15,21,31H,9-12,16-17H2,1H3,(H,33,34). The average Bonchev–Trinajstić information content (AvgIpc) is 2.92. The third-order valence-corrected chi connectivity index (χ3v) is 7.09. The van der Waals surface area contributed by atoms with Gasteiger partial charge >= 0.3 is 5.97 Å². The first-order valence-corrected chi connectivity index (χ1v) is 13.2. The molecule has 1 amide bonds. The van der Waals surface area contributed by atoms with Crippen molar-refractivity contribution in [3.05, 3.63) is 83.4 Å². The molecular formula is C28H28F2N2O4S. The van der Waals surface area contributed by atoms with E-state index in [0.29, 0.717) is 47.7 Å². The highest BCUT2D eigenvalue weighted by molar-refractivity contribution is 7.98. The van der Waals surface area contributed by atoms with Crippen molar-refractivity contribution in [2.24, 2.45) is 0 Å². The topological polar surface area (TPSA) is 78.9 Å². The Morgan fingerprint density at radius 1 is 1.05 bits per heavy atom. The number of hydrogen-bond acceptors (Lipinski definition) is 5. The second kappa shape index (κ2) is 12.2. The van der Waals surface area contributed by atoms with Gasteiger partial charge in [0.2, 0.25) is 0 Å². The molecular weight excluding hydrogens is 498 g/mol. The molecule has 1 heterocycles. The molecule has 9 heteroatoms. The van der Waals surface area contributed by atoms with Crippen LogP contribution in [0.15, 0.2) is 65.6 Å². The third-order valence-electron chi connectivity index (χ3n) is 6.31. The molecule has 3 aromatic rings. The minimum Gasteiger partial charge on any atom is -0.489 e. The van der Waals surface area contributed by atoms with E-state index >= 15 is 0 Å². The number of hydrogen-bond donors (Lipinski definition) is 2. The summed E-state index contributed by atoms with van der Waals surface area (Å²) in [6.07, 6.45) is 3.23. The zero-order chi connectivity index (χ0) is 26.4. The number of nitrogens with one attached hydrogen (secondary N) is 1. The molecule has 0 atom stereocenters. The smallest absolute Gasteiger partial charge is 0.317 e. The van der Waals surface area contributed by atoms with Crippen LogP contribution in [0.1, 0.15) is 28.8 Å². The third kappa shape index (κ3) is 6.87. The Balaban J connectivity index is 1.35. The average molecular weight is 527 g/mol. The van der Waals surface area contributed by atoms with Gasteiger partial charge in [-0.2, -0.15) is 0 Å². The summed E-state index contributed by atoms with van der Waals surface area (Å²) in [7, 11) is 0. The second-order valence-electron chi connectivity index (χ2n) is 8.82. The van der Waals surface area contributed by atoms with Crippen LogP contribution in [0.4, 0.5) is 8.78 Å². The van der Waals surface area contributed by atoms with Gasteiger partial charge in [-0.25, -0.2) is 8.78 Å². The fourth-order valence-corrected chi connectivity index (χ4v) is 4.93. The van der Waals surface area contributed by atoms with Crippen LogP contribution in [0, 0.1) is 11.6 Å². The van der Waals surface area contributed by atoms with Crippen molar-refractivity contribution in [2.75, 3.05) is 25.9 Å². The first kappa shape index (κ1) is 26.6. The molecule has 1 fully saturated rings. The molecule has 4 rings (SSSR count). The van der Waals surface area contributed by atoms with Gasteiger partial charge in [0, 0.05) is 29.6 Å². The molecule has 1 aliphatic heterocycles. The lowest BCUT2D eigenvalue weighted by molar-refractivity contribution is -0.136. The highest BCUT2D eigenvalue weighted by Crippen LogP contribution is 2.33. The quantitative estimate of drug-likeness (QED) is 0.373. The van der Waals surface area contributed by atoms with Crippen LogP contribution >= 0.6 is 11.8 Å². The van der Waals surface area contributed by atoms with E-state index in [1.54, 1.807) is 35.2 Å². The number of carbonyl (C=O) groups is 2. The number of carbonyl (C=O) groups excluding carboxylic acids is 1. The fraction of sp³-hybridized carbons (Fsp3) is 0.286. The van der Waals surface area contributed by atoms with E-state index in [2.05, 4.69) is 5.32 Å². The molecule has 0 unspecified atom stereocenters. The molecule has 194 valence electrons. The van der Waals surface area contributed by atoms with E-state index in [4.69, 9.17) is 9.84 Å². The highest BCUT2D eigenvalue weighted by Gasteiger charge is 2.24. The number of nitrogens with zero attached hydrogens (tertiary/aromatic N) is 1. The molecule has 0 spiro atoms. The molecule has 6 nitrogen and oxygen atoms in total. The van der Waals surface area contributed by atoms with Crippen LogP contribution in [0.2, 0.25) is 0 Å². The molecule has 0 saturated carbocycles. The van der Waals surface area contributed by atoms with Gasteiger partial charge in [0.05, 0.1) is 6.54 Å². The van der Waals surface area contributed by atoms with Crippen molar-refractivity contribution in [3.8, 4) is 16.9 Å². The molecule has 0 aliphatic carbocycles. The lowest BCUT2D eigenvalue weighted by Gasteiger charge is -2.32. The summed E-state index contributed by atoms with van der Waals surface area (Å²) in [6.45, 7) is 1.33. The predicted octanol–water partition coefficient (Wildman–Crippen LogP) is 5.21. The van der Waals surface area contributed by atoms with Crippen molar-refractivity contribution in [1.82, 2.24) is 10.2 Å². The monoisotopic (exact) mass is 526 g/mol. The van der Waals surface area contributed by atoms with Crippen molar-refractivity contribution < 1.29 is 28.2 Å². The first-order chi connectivity index (χ1) is 17.8. The SMILES string of the molecule is CSc1cc(F)c(F)cc1-c1ccc(OCc2cccc(C(=O)N3CCC(NCC(=O)O)CC3)c2)cc1. The Morgan fingerprint density at radius 3 is 2.43 bits per heavy atom. The summed E-state index contributed by atoms with van der Waals surface area (Å²) < 4.78 is 33.3. The van der Waals surface area contributed by atoms with Crippen molar-refractivity contribution in [1.29, 1.82) is 0 Å². The molecule has 2 N–H and O–H groups in total. The van der Waals surface area contributed by atoms with Gasteiger partial charge in [0.25, 0.3) is 5.91 Å². The zero-order valence-electron chi connectivity index (χ0n) is 20.4. The van der Waals surface area contributed by atoms with Crippen LogP contribution in [-0.4, -0.2) is 53.8 Å². The summed E-state index contributed by atoms with van der Waals surface area (Å²) >= 11 is 1.35.